The van der Waals surface area contributed by atoms with Crippen LogP contribution in [-0.4, -0.2) is 17.9 Å². The minimum Gasteiger partial charge on any atom is -0.467 e. The van der Waals surface area contributed by atoms with E-state index in [-0.39, 0.29) is 11.9 Å². The molecule has 1 aromatic heterocycles. The number of carbonyl (C=O) groups is 1. The molecule has 2 rings (SSSR count). The largest absolute Gasteiger partial charge is 0.467 e. The second kappa shape index (κ2) is 7.11. The Labute approximate surface area is 132 Å². The average molecular weight is 346 g/mol. The fourth-order valence-corrected chi connectivity index (χ4v) is 2.57. The van der Waals surface area contributed by atoms with Gasteiger partial charge in [-0.3, -0.25) is 4.79 Å². The molecule has 108 valence electrons. The summed E-state index contributed by atoms with van der Waals surface area (Å²) in [4.78, 5) is 13.7. The van der Waals surface area contributed by atoms with Gasteiger partial charge in [-0.25, -0.2) is 0 Å². The highest BCUT2D eigenvalue weighted by Crippen LogP contribution is 2.28. The molecule has 21 heavy (non-hydrogen) atoms. The molecule has 1 heterocycles. The quantitative estimate of drug-likeness (QED) is 0.603. The molecule has 0 bridgehead atoms. The van der Waals surface area contributed by atoms with E-state index < -0.39 is 0 Å². The maximum atomic E-state index is 12.1. The number of halogens is 1. The van der Waals surface area contributed by atoms with E-state index in [0.29, 0.717) is 6.42 Å². The van der Waals surface area contributed by atoms with Crippen LogP contribution in [0.15, 0.2) is 69.9 Å². The van der Waals surface area contributed by atoms with Gasteiger partial charge in [-0.1, -0.05) is 40.7 Å². The highest BCUT2D eigenvalue weighted by atomic mass is 79.9. The standard InChI is InChI=1S/C17H16BrNO2/c1-3-7-17(20)19(2)15(16-10-6-11-21-16)12-13-8-4-5-9-14(13)18/h4-11,15H,1,12H2,2H3/t15-/m0/s1. The summed E-state index contributed by atoms with van der Waals surface area (Å²) >= 11 is 3.54. The smallest absolute Gasteiger partial charge is 0.254 e. The molecule has 0 spiro atoms. The second-order valence-corrected chi connectivity index (χ2v) is 5.48. The van der Waals surface area contributed by atoms with Crippen LogP contribution in [-0.2, 0) is 11.2 Å². The summed E-state index contributed by atoms with van der Waals surface area (Å²) in [5.74, 6) is 0.595. The molecule has 2 aromatic rings. The molecule has 0 N–H and O–H groups in total. The molecule has 4 heteroatoms. The number of rotatable bonds is 5. The van der Waals surface area contributed by atoms with Crippen molar-refractivity contribution in [3.8, 4) is 0 Å². The van der Waals surface area contributed by atoms with Crippen LogP contribution in [0.25, 0.3) is 0 Å². The van der Waals surface area contributed by atoms with Gasteiger partial charge in [-0.2, -0.15) is 0 Å². The summed E-state index contributed by atoms with van der Waals surface area (Å²) in [5, 5.41) is 0. The van der Waals surface area contributed by atoms with Crippen molar-refractivity contribution in [2.75, 3.05) is 7.05 Å². The van der Waals surface area contributed by atoms with E-state index in [1.54, 1.807) is 18.2 Å². The Bertz CT molecular complexity index is 657. The molecule has 0 aliphatic rings. The summed E-state index contributed by atoms with van der Waals surface area (Å²) in [6.07, 6.45) is 3.60. The summed E-state index contributed by atoms with van der Waals surface area (Å²) in [6, 6.07) is 11.5. The number of amides is 1. The molecule has 0 radical (unpaired) electrons. The minimum atomic E-state index is -0.184. The van der Waals surface area contributed by atoms with Crippen molar-refractivity contribution >= 4 is 21.8 Å². The average Bonchev–Trinajstić information content (AvgIpc) is 3.00. The fraction of sp³-hybridized carbons (Fsp3) is 0.176. The number of hydrogen-bond donors (Lipinski definition) is 0. The number of hydrogen-bond acceptors (Lipinski definition) is 2. The van der Waals surface area contributed by atoms with E-state index in [1.807, 2.05) is 36.4 Å². The number of furan rings is 1. The van der Waals surface area contributed by atoms with Crippen LogP contribution in [0.1, 0.15) is 17.4 Å². The van der Waals surface area contributed by atoms with Crippen molar-refractivity contribution in [1.29, 1.82) is 0 Å². The Balaban J connectivity index is 2.31. The van der Waals surface area contributed by atoms with Crippen LogP contribution >= 0.6 is 15.9 Å². The lowest BCUT2D eigenvalue weighted by molar-refractivity contribution is -0.127. The molecule has 1 amide bonds. The van der Waals surface area contributed by atoms with Gasteiger partial charge in [-0.05, 0) is 23.8 Å². The number of benzene rings is 1. The van der Waals surface area contributed by atoms with Crippen LogP contribution in [0.5, 0.6) is 0 Å². The van der Waals surface area contributed by atoms with Crippen molar-refractivity contribution in [1.82, 2.24) is 4.90 Å². The van der Waals surface area contributed by atoms with Crippen molar-refractivity contribution in [3.63, 3.8) is 0 Å². The van der Waals surface area contributed by atoms with Gasteiger partial charge in [0, 0.05) is 24.0 Å². The van der Waals surface area contributed by atoms with Gasteiger partial charge in [0.25, 0.3) is 5.91 Å². The Morgan fingerprint density at radius 2 is 2.19 bits per heavy atom. The van der Waals surface area contributed by atoms with Crippen LogP contribution in [0.3, 0.4) is 0 Å². The van der Waals surface area contributed by atoms with Crippen LogP contribution in [0.4, 0.5) is 0 Å². The van der Waals surface area contributed by atoms with Gasteiger partial charge in [0.2, 0.25) is 0 Å². The zero-order valence-electron chi connectivity index (χ0n) is 11.8. The van der Waals surface area contributed by atoms with Crippen molar-refractivity contribution in [3.05, 3.63) is 76.8 Å². The highest BCUT2D eigenvalue weighted by molar-refractivity contribution is 9.10. The van der Waals surface area contributed by atoms with E-state index >= 15 is 0 Å². The van der Waals surface area contributed by atoms with Gasteiger partial charge in [0.15, 0.2) is 0 Å². The van der Waals surface area contributed by atoms with Gasteiger partial charge >= 0.3 is 0 Å². The van der Waals surface area contributed by atoms with Crippen LogP contribution < -0.4 is 0 Å². The first-order chi connectivity index (χ1) is 10.1. The number of nitrogens with zero attached hydrogens (tertiary/aromatic N) is 1. The third-order valence-electron chi connectivity index (χ3n) is 3.28. The van der Waals surface area contributed by atoms with Gasteiger partial charge in [-0.15, -0.1) is 5.73 Å². The highest BCUT2D eigenvalue weighted by Gasteiger charge is 2.23. The summed E-state index contributed by atoms with van der Waals surface area (Å²) in [5.41, 5.74) is 3.63. The fourth-order valence-electron chi connectivity index (χ4n) is 2.12. The topological polar surface area (TPSA) is 33.5 Å². The van der Waals surface area contributed by atoms with E-state index in [4.69, 9.17) is 4.42 Å². The van der Waals surface area contributed by atoms with Crippen LogP contribution in [0, 0.1) is 0 Å². The molecule has 0 saturated carbocycles. The first-order valence-electron chi connectivity index (χ1n) is 6.53. The predicted molar refractivity (Wildman–Crippen MR) is 85.8 cm³/mol. The van der Waals surface area contributed by atoms with Crippen molar-refractivity contribution < 1.29 is 9.21 Å². The van der Waals surface area contributed by atoms with Crippen molar-refractivity contribution in [2.45, 2.75) is 12.5 Å². The molecular formula is C17H16BrNO2. The molecule has 1 atom stereocenters. The lowest BCUT2D eigenvalue weighted by Gasteiger charge is -2.26. The molecule has 0 unspecified atom stereocenters. The first kappa shape index (κ1) is 15.4. The number of likely N-dealkylation sites (N-methyl/N-ethyl adjacent to an activating group) is 1. The van der Waals surface area contributed by atoms with Crippen LogP contribution in [0.2, 0.25) is 0 Å². The minimum absolute atomic E-state index is 0.154. The monoisotopic (exact) mass is 345 g/mol. The summed E-state index contributed by atoms with van der Waals surface area (Å²) < 4.78 is 6.51. The Kier molecular flexibility index (Phi) is 5.20. The van der Waals surface area contributed by atoms with Gasteiger partial charge < -0.3 is 9.32 Å². The SMILES string of the molecule is C=C=CC(=O)N(C)[C@@H](Cc1ccccc1Br)c1ccco1. The normalized spacial score (nSPS) is 11.5. The van der Waals surface area contributed by atoms with Gasteiger partial charge in [0.1, 0.15) is 5.76 Å². The Hall–Kier alpha value is -2.03. The number of carbonyl (C=O) groups excluding carboxylic acids is 1. The summed E-state index contributed by atoms with van der Waals surface area (Å²) in [6.45, 7) is 3.44. The molecule has 0 aliphatic heterocycles. The Morgan fingerprint density at radius 1 is 1.43 bits per heavy atom. The lowest BCUT2D eigenvalue weighted by atomic mass is 10.0. The summed E-state index contributed by atoms with van der Waals surface area (Å²) in [7, 11) is 1.75. The molecule has 0 aliphatic carbocycles. The molecule has 1 aromatic carbocycles. The van der Waals surface area contributed by atoms with E-state index in [1.165, 1.54) is 6.08 Å². The third-order valence-corrected chi connectivity index (χ3v) is 4.06. The van der Waals surface area contributed by atoms with Gasteiger partial charge in [0.05, 0.1) is 12.3 Å². The Morgan fingerprint density at radius 3 is 2.81 bits per heavy atom. The zero-order chi connectivity index (χ0) is 15.2. The lowest BCUT2D eigenvalue weighted by Crippen LogP contribution is -2.31. The second-order valence-electron chi connectivity index (χ2n) is 4.62. The predicted octanol–water partition coefficient (Wildman–Crippen LogP) is 4.13. The molecular weight excluding hydrogens is 330 g/mol. The zero-order valence-corrected chi connectivity index (χ0v) is 13.3. The van der Waals surface area contributed by atoms with E-state index in [0.717, 1.165) is 15.8 Å². The first-order valence-corrected chi connectivity index (χ1v) is 7.32. The van der Waals surface area contributed by atoms with E-state index in [2.05, 4.69) is 28.2 Å². The molecule has 0 fully saturated rings. The maximum Gasteiger partial charge on any atom is 0.254 e. The molecule has 3 nitrogen and oxygen atoms in total. The third kappa shape index (κ3) is 3.75. The van der Waals surface area contributed by atoms with Crippen molar-refractivity contribution in [2.24, 2.45) is 0 Å². The maximum absolute atomic E-state index is 12.1. The van der Waals surface area contributed by atoms with E-state index in [9.17, 15) is 4.79 Å². The molecule has 0 saturated heterocycles.